The number of carbonyl (C=O) groups excluding carboxylic acids is 2. The Bertz CT molecular complexity index is 811. The number of nitrogens with zero attached hydrogens (tertiary/aromatic N) is 4. The topological polar surface area (TPSA) is 87.7 Å². The van der Waals surface area contributed by atoms with E-state index in [4.69, 9.17) is 16.3 Å². The molecule has 29 heavy (non-hydrogen) atoms. The van der Waals surface area contributed by atoms with E-state index in [-0.39, 0.29) is 11.9 Å². The van der Waals surface area contributed by atoms with Crippen molar-refractivity contribution in [1.82, 2.24) is 19.8 Å². The Morgan fingerprint density at radius 3 is 2.41 bits per heavy atom. The van der Waals surface area contributed by atoms with E-state index in [0.717, 1.165) is 5.56 Å². The smallest absolute Gasteiger partial charge is 0.327 e. The molecule has 0 saturated carbocycles. The lowest BCUT2D eigenvalue weighted by atomic mass is 10.0. The van der Waals surface area contributed by atoms with Crippen LogP contribution in [0.15, 0.2) is 42.7 Å². The van der Waals surface area contributed by atoms with Crippen molar-refractivity contribution in [2.75, 3.05) is 45.2 Å². The van der Waals surface area contributed by atoms with Gasteiger partial charge in [0.05, 0.1) is 7.11 Å². The maximum Gasteiger partial charge on any atom is 0.327 e. The van der Waals surface area contributed by atoms with E-state index in [1.165, 1.54) is 7.11 Å². The third-order valence-electron chi connectivity index (χ3n) is 4.83. The van der Waals surface area contributed by atoms with E-state index < -0.39 is 6.04 Å². The van der Waals surface area contributed by atoms with Crippen molar-refractivity contribution >= 4 is 29.4 Å². The molecule has 2 heterocycles. The normalized spacial score (nSPS) is 15.6. The van der Waals surface area contributed by atoms with Gasteiger partial charge in [0.15, 0.2) is 0 Å². The molecule has 154 valence electrons. The summed E-state index contributed by atoms with van der Waals surface area (Å²) in [4.78, 5) is 36.9. The highest BCUT2D eigenvalue weighted by Crippen LogP contribution is 2.25. The molecule has 3 rings (SSSR count). The van der Waals surface area contributed by atoms with Gasteiger partial charge in [-0.05, 0) is 23.8 Å². The molecule has 1 aliphatic heterocycles. The molecule has 1 aromatic carbocycles. The summed E-state index contributed by atoms with van der Waals surface area (Å²) in [6.07, 6.45) is 3.65. The maximum atomic E-state index is 12.5. The summed E-state index contributed by atoms with van der Waals surface area (Å²) < 4.78 is 5.01. The molecule has 0 bridgehead atoms. The molecule has 1 aromatic heterocycles. The Morgan fingerprint density at radius 1 is 1.14 bits per heavy atom. The molecule has 1 aliphatic rings. The van der Waals surface area contributed by atoms with E-state index in [9.17, 15) is 9.59 Å². The summed E-state index contributed by atoms with van der Waals surface area (Å²) in [5.74, 6) is 0.252. The van der Waals surface area contributed by atoms with E-state index in [1.54, 1.807) is 30.6 Å². The standard InChI is InChI=1S/C20H24ClN5O3/c1-29-19(28)18(15-3-5-16(21)6-4-15)26-13-11-25(12-14-26)17(27)7-10-24-20-22-8-2-9-23-20/h2-6,8-9,18H,7,10-14H2,1H3,(H,22,23,24)/t18-/m1/s1. The zero-order chi connectivity index (χ0) is 20.6. The SMILES string of the molecule is COC(=O)[C@@H](c1ccc(Cl)cc1)N1CCN(C(=O)CCNc2ncccn2)CC1. The van der Waals surface area contributed by atoms with Gasteiger partial charge in [-0.2, -0.15) is 0 Å². The quantitative estimate of drug-likeness (QED) is 0.689. The van der Waals surface area contributed by atoms with Crippen LogP contribution >= 0.6 is 11.6 Å². The third-order valence-corrected chi connectivity index (χ3v) is 5.08. The van der Waals surface area contributed by atoms with Crippen molar-refractivity contribution in [3.8, 4) is 0 Å². The Hall–Kier alpha value is -2.71. The molecular weight excluding hydrogens is 394 g/mol. The summed E-state index contributed by atoms with van der Waals surface area (Å²) in [5, 5.41) is 3.65. The lowest BCUT2D eigenvalue weighted by Crippen LogP contribution is -2.51. The number of esters is 1. The monoisotopic (exact) mass is 417 g/mol. The number of amides is 1. The molecular formula is C20H24ClN5O3. The van der Waals surface area contributed by atoms with Crippen LogP contribution in [0, 0.1) is 0 Å². The molecule has 0 unspecified atom stereocenters. The largest absolute Gasteiger partial charge is 0.468 e. The number of piperazine rings is 1. The number of ether oxygens (including phenoxy) is 1. The Morgan fingerprint density at radius 2 is 1.79 bits per heavy atom. The molecule has 9 heteroatoms. The Balaban J connectivity index is 1.53. The van der Waals surface area contributed by atoms with Gasteiger partial charge in [0.1, 0.15) is 6.04 Å². The fraction of sp³-hybridized carbons (Fsp3) is 0.400. The summed E-state index contributed by atoms with van der Waals surface area (Å²) in [5.41, 5.74) is 0.827. The summed E-state index contributed by atoms with van der Waals surface area (Å²) in [7, 11) is 1.38. The lowest BCUT2D eigenvalue weighted by Gasteiger charge is -2.38. The molecule has 1 amide bonds. The van der Waals surface area contributed by atoms with Crippen LogP contribution in [0.3, 0.4) is 0 Å². The fourth-order valence-corrected chi connectivity index (χ4v) is 3.44. The zero-order valence-corrected chi connectivity index (χ0v) is 17.0. The number of hydrogen-bond donors (Lipinski definition) is 1. The first-order valence-corrected chi connectivity index (χ1v) is 9.82. The predicted molar refractivity (Wildman–Crippen MR) is 110 cm³/mol. The van der Waals surface area contributed by atoms with Gasteiger partial charge in [0, 0.05) is 56.6 Å². The van der Waals surface area contributed by atoms with Crippen LogP contribution in [0.5, 0.6) is 0 Å². The first-order valence-electron chi connectivity index (χ1n) is 9.44. The summed E-state index contributed by atoms with van der Waals surface area (Å²) >= 11 is 5.96. The predicted octanol–water partition coefficient (Wildman–Crippen LogP) is 1.99. The van der Waals surface area contributed by atoms with Gasteiger partial charge in [-0.1, -0.05) is 23.7 Å². The number of halogens is 1. The molecule has 1 atom stereocenters. The van der Waals surface area contributed by atoms with Crippen LogP contribution < -0.4 is 5.32 Å². The number of methoxy groups -OCH3 is 1. The van der Waals surface area contributed by atoms with Crippen molar-refractivity contribution in [1.29, 1.82) is 0 Å². The molecule has 2 aromatic rings. The molecule has 0 radical (unpaired) electrons. The average molecular weight is 418 g/mol. The molecule has 1 N–H and O–H groups in total. The average Bonchev–Trinajstić information content (AvgIpc) is 2.76. The van der Waals surface area contributed by atoms with Gasteiger partial charge >= 0.3 is 5.97 Å². The summed E-state index contributed by atoms with van der Waals surface area (Å²) in [6.45, 7) is 2.76. The zero-order valence-electron chi connectivity index (χ0n) is 16.3. The second-order valence-corrected chi connectivity index (χ2v) is 7.08. The maximum absolute atomic E-state index is 12.5. The van der Waals surface area contributed by atoms with Crippen molar-refractivity contribution in [3.05, 3.63) is 53.3 Å². The first-order chi connectivity index (χ1) is 14.1. The molecule has 0 spiro atoms. The number of carbonyl (C=O) groups is 2. The molecule has 1 fully saturated rings. The number of nitrogens with one attached hydrogen (secondary N) is 1. The minimum atomic E-state index is -0.508. The highest BCUT2D eigenvalue weighted by Gasteiger charge is 2.32. The highest BCUT2D eigenvalue weighted by molar-refractivity contribution is 6.30. The van der Waals surface area contributed by atoms with E-state index >= 15 is 0 Å². The van der Waals surface area contributed by atoms with Crippen LogP contribution in [-0.4, -0.2) is 71.5 Å². The Labute approximate surface area is 174 Å². The third kappa shape index (κ3) is 5.65. The second kappa shape index (κ2) is 10.2. The van der Waals surface area contributed by atoms with Crippen LogP contribution in [0.1, 0.15) is 18.0 Å². The van der Waals surface area contributed by atoms with Gasteiger partial charge in [0.2, 0.25) is 11.9 Å². The summed E-state index contributed by atoms with van der Waals surface area (Å²) in [6, 6.07) is 8.41. The minimum absolute atomic E-state index is 0.0641. The highest BCUT2D eigenvalue weighted by atomic mass is 35.5. The van der Waals surface area contributed by atoms with Gasteiger partial charge in [-0.25, -0.2) is 14.8 Å². The second-order valence-electron chi connectivity index (χ2n) is 6.64. The van der Waals surface area contributed by atoms with Gasteiger partial charge < -0.3 is 15.0 Å². The van der Waals surface area contributed by atoms with Gasteiger partial charge in [-0.3, -0.25) is 9.69 Å². The fourth-order valence-electron chi connectivity index (χ4n) is 3.31. The number of anilines is 1. The van der Waals surface area contributed by atoms with Crippen molar-refractivity contribution < 1.29 is 14.3 Å². The van der Waals surface area contributed by atoms with Gasteiger partial charge in [0.25, 0.3) is 0 Å². The van der Waals surface area contributed by atoms with Crippen molar-refractivity contribution in [2.24, 2.45) is 0 Å². The van der Waals surface area contributed by atoms with Crippen molar-refractivity contribution in [2.45, 2.75) is 12.5 Å². The van der Waals surface area contributed by atoms with Crippen LogP contribution in [0.4, 0.5) is 5.95 Å². The Kier molecular flexibility index (Phi) is 7.37. The van der Waals surface area contributed by atoms with Gasteiger partial charge in [-0.15, -0.1) is 0 Å². The number of hydrogen-bond acceptors (Lipinski definition) is 7. The van der Waals surface area contributed by atoms with Crippen LogP contribution in [0.25, 0.3) is 0 Å². The first kappa shape index (κ1) is 21.0. The number of benzene rings is 1. The van der Waals surface area contributed by atoms with E-state index in [1.807, 2.05) is 21.9 Å². The van der Waals surface area contributed by atoms with E-state index in [0.29, 0.717) is 50.1 Å². The number of rotatable bonds is 7. The molecule has 0 aliphatic carbocycles. The minimum Gasteiger partial charge on any atom is -0.468 e. The molecule has 8 nitrogen and oxygen atoms in total. The van der Waals surface area contributed by atoms with Crippen molar-refractivity contribution in [3.63, 3.8) is 0 Å². The van der Waals surface area contributed by atoms with Crippen LogP contribution in [-0.2, 0) is 14.3 Å². The van der Waals surface area contributed by atoms with Crippen LogP contribution in [0.2, 0.25) is 5.02 Å². The molecule has 1 saturated heterocycles. The van der Waals surface area contributed by atoms with E-state index in [2.05, 4.69) is 15.3 Å². The lowest BCUT2D eigenvalue weighted by molar-refractivity contribution is -0.148. The number of aromatic nitrogens is 2.